The van der Waals surface area contributed by atoms with Gasteiger partial charge in [0.2, 0.25) is 5.91 Å². The van der Waals surface area contributed by atoms with Crippen LogP contribution < -0.4 is 10.2 Å². The first kappa shape index (κ1) is 16.2. The second-order valence-electron chi connectivity index (χ2n) is 6.75. The summed E-state index contributed by atoms with van der Waals surface area (Å²) in [5, 5.41) is 2.90. The molecule has 1 aliphatic heterocycles. The van der Waals surface area contributed by atoms with Crippen molar-refractivity contribution in [2.45, 2.75) is 32.6 Å². The maximum Gasteiger partial charge on any atom is 0.258 e. The Balaban J connectivity index is 1.97. The van der Waals surface area contributed by atoms with Crippen LogP contribution in [0.3, 0.4) is 0 Å². The number of carbonyl (C=O) groups is 2. The molecule has 124 valence electrons. The van der Waals surface area contributed by atoms with Gasteiger partial charge in [0, 0.05) is 35.3 Å². The Hall–Kier alpha value is -2.62. The van der Waals surface area contributed by atoms with Crippen molar-refractivity contribution in [2.75, 3.05) is 16.8 Å². The van der Waals surface area contributed by atoms with Crippen molar-refractivity contribution in [3.05, 3.63) is 59.7 Å². The summed E-state index contributed by atoms with van der Waals surface area (Å²) in [5.74, 6) is -0.0726. The summed E-state index contributed by atoms with van der Waals surface area (Å²) in [6, 6.07) is 15.2. The van der Waals surface area contributed by atoms with E-state index < -0.39 is 0 Å². The van der Waals surface area contributed by atoms with Crippen LogP contribution in [-0.4, -0.2) is 18.4 Å². The number of para-hydroxylation sites is 1. The molecule has 2 aromatic rings. The first-order chi connectivity index (χ1) is 11.4. The second-order valence-corrected chi connectivity index (χ2v) is 6.75. The third-order valence-corrected chi connectivity index (χ3v) is 4.50. The molecule has 1 aliphatic rings. The van der Waals surface area contributed by atoms with Gasteiger partial charge in [0.15, 0.2) is 0 Å². The molecule has 1 heterocycles. The quantitative estimate of drug-likeness (QED) is 0.929. The zero-order valence-electron chi connectivity index (χ0n) is 14.3. The lowest BCUT2D eigenvalue weighted by Gasteiger charge is -2.32. The van der Waals surface area contributed by atoms with E-state index in [1.807, 2.05) is 63.2 Å². The highest BCUT2D eigenvalue weighted by Crippen LogP contribution is 2.37. The summed E-state index contributed by atoms with van der Waals surface area (Å²) in [7, 11) is 0. The van der Waals surface area contributed by atoms with Gasteiger partial charge in [-0.25, -0.2) is 0 Å². The summed E-state index contributed by atoms with van der Waals surface area (Å²) in [5.41, 5.74) is 3.04. The molecule has 2 aromatic carbocycles. The Morgan fingerprint density at radius 3 is 2.54 bits per heavy atom. The van der Waals surface area contributed by atoms with Crippen LogP contribution in [0, 0.1) is 0 Å². The van der Waals surface area contributed by atoms with Crippen LogP contribution in [0.5, 0.6) is 0 Å². The van der Waals surface area contributed by atoms with Gasteiger partial charge in [0.05, 0.1) is 0 Å². The van der Waals surface area contributed by atoms with Crippen LogP contribution in [0.25, 0.3) is 0 Å². The van der Waals surface area contributed by atoms with E-state index in [2.05, 4.69) is 5.32 Å². The largest absolute Gasteiger partial charge is 0.326 e. The molecule has 0 bridgehead atoms. The summed E-state index contributed by atoms with van der Waals surface area (Å²) in [6.07, 6.45) is 0.457. The number of nitrogens with zero attached hydrogens (tertiary/aromatic N) is 1. The van der Waals surface area contributed by atoms with Crippen molar-refractivity contribution in [1.29, 1.82) is 0 Å². The van der Waals surface area contributed by atoms with Crippen LogP contribution >= 0.6 is 0 Å². The van der Waals surface area contributed by atoms with Gasteiger partial charge in [-0.1, -0.05) is 38.1 Å². The van der Waals surface area contributed by atoms with Gasteiger partial charge in [-0.3, -0.25) is 9.59 Å². The Bertz CT molecular complexity index is 781. The molecule has 2 amide bonds. The van der Waals surface area contributed by atoms with E-state index in [0.29, 0.717) is 18.5 Å². The first-order valence-electron chi connectivity index (χ1n) is 8.23. The molecule has 0 spiro atoms. The van der Waals surface area contributed by atoms with Crippen molar-refractivity contribution in [3.8, 4) is 0 Å². The van der Waals surface area contributed by atoms with Crippen LogP contribution in [0.2, 0.25) is 0 Å². The van der Waals surface area contributed by atoms with Crippen LogP contribution in [0.15, 0.2) is 48.5 Å². The third kappa shape index (κ3) is 2.92. The van der Waals surface area contributed by atoms with E-state index in [4.69, 9.17) is 0 Å². The van der Waals surface area contributed by atoms with Gasteiger partial charge >= 0.3 is 0 Å². The minimum Gasteiger partial charge on any atom is -0.326 e. The number of amides is 2. The maximum absolute atomic E-state index is 12.9. The smallest absolute Gasteiger partial charge is 0.258 e. The number of nitrogens with one attached hydrogen (secondary N) is 1. The molecular weight excluding hydrogens is 300 g/mol. The average Bonchev–Trinajstić information content (AvgIpc) is 2.55. The van der Waals surface area contributed by atoms with Crippen molar-refractivity contribution in [2.24, 2.45) is 0 Å². The van der Waals surface area contributed by atoms with Crippen LogP contribution in [0.4, 0.5) is 11.4 Å². The summed E-state index contributed by atoms with van der Waals surface area (Å²) in [4.78, 5) is 26.6. The highest BCUT2D eigenvalue weighted by molar-refractivity contribution is 6.07. The van der Waals surface area contributed by atoms with Crippen LogP contribution in [0.1, 0.15) is 43.1 Å². The SMILES string of the molecule is CCN(C(=O)c1ccc2c(c1)NC(=O)CC2(C)C)c1ccccc1. The Morgan fingerprint density at radius 2 is 1.88 bits per heavy atom. The van der Waals surface area contributed by atoms with Gasteiger partial charge < -0.3 is 10.2 Å². The molecule has 0 saturated carbocycles. The molecule has 4 heteroatoms. The Kier molecular flexibility index (Phi) is 4.14. The second kappa shape index (κ2) is 6.11. The number of hydrogen-bond acceptors (Lipinski definition) is 2. The monoisotopic (exact) mass is 322 g/mol. The van der Waals surface area contributed by atoms with E-state index >= 15 is 0 Å². The molecule has 0 atom stereocenters. The Labute approximate surface area is 142 Å². The van der Waals surface area contributed by atoms with Crippen molar-refractivity contribution in [3.63, 3.8) is 0 Å². The van der Waals surface area contributed by atoms with Gasteiger partial charge in [-0.05, 0) is 36.8 Å². The topological polar surface area (TPSA) is 49.4 Å². The summed E-state index contributed by atoms with van der Waals surface area (Å²) in [6.45, 7) is 6.63. The van der Waals surface area contributed by atoms with Gasteiger partial charge in [-0.15, -0.1) is 0 Å². The van der Waals surface area contributed by atoms with Crippen molar-refractivity contribution >= 4 is 23.2 Å². The number of benzene rings is 2. The van der Waals surface area contributed by atoms with E-state index in [1.54, 1.807) is 11.0 Å². The minimum absolute atomic E-state index is 0.00694. The normalized spacial score (nSPS) is 15.4. The zero-order chi connectivity index (χ0) is 17.3. The molecule has 1 N–H and O–H groups in total. The third-order valence-electron chi connectivity index (χ3n) is 4.50. The molecule has 0 aromatic heterocycles. The van der Waals surface area contributed by atoms with Gasteiger partial charge in [0.25, 0.3) is 5.91 Å². The standard InChI is InChI=1S/C20H22N2O2/c1-4-22(15-8-6-5-7-9-15)19(24)14-10-11-16-17(12-14)21-18(23)13-20(16,2)3/h5-12H,4,13H2,1-3H3,(H,21,23). The van der Waals surface area contributed by atoms with E-state index in [-0.39, 0.29) is 17.2 Å². The molecule has 0 fully saturated rings. The number of hydrogen-bond donors (Lipinski definition) is 1. The van der Waals surface area contributed by atoms with Crippen molar-refractivity contribution < 1.29 is 9.59 Å². The Morgan fingerprint density at radius 1 is 1.17 bits per heavy atom. The molecule has 0 saturated heterocycles. The first-order valence-corrected chi connectivity index (χ1v) is 8.23. The fraction of sp³-hybridized carbons (Fsp3) is 0.300. The molecule has 0 radical (unpaired) electrons. The maximum atomic E-state index is 12.9. The molecule has 24 heavy (non-hydrogen) atoms. The van der Waals surface area contributed by atoms with Crippen molar-refractivity contribution in [1.82, 2.24) is 0 Å². The molecule has 4 nitrogen and oxygen atoms in total. The highest BCUT2D eigenvalue weighted by atomic mass is 16.2. The van der Waals surface area contributed by atoms with E-state index in [9.17, 15) is 9.59 Å². The number of anilines is 2. The number of rotatable bonds is 3. The molecule has 0 aliphatic carbocycles. The van der Waals surface area contributed by atoms with Crippen LogP contribution in [-0.2, 0) is 10.2 Å². The average molecular weight is 322 g/mol. The van der Waals surface area contributed by atoms with E-state index in [0.717, 1.165) is 16.9 Å². The highest BCUT2D eigenvalue weighted by Gasteiger charge is 2.32. The minimum atomic E-state index is -0.219. The lowest BCUT2D eigenvalue weighted by atomic mass is 9.77. The van der Waals surface area contributed by atoms with E-state index in [1.165, 1.54) is 0 Å². The lowest BCUT2D eigenvalue weighted by Crippen LogP contribution is -2.34. The summed E-state index contributed by atoms with van der Waals surface area (Å²) >= 11 is 0. The number of fused-ring (bicyclic) bond motifs is 1. The van der Waals surface area contributed by atoms with Gasteiger partial charge in [0.1, 0.15) is 0 Å². The zero-order valence-corrected chi connectivity index (χ0v) is 14.3. The lowest BCUT2D eigenvalue weighted by molar-refractivity contribution is -0.117. The summed E-state index contributed by atoms with van der Waals surface area (Å²) < 4.78 is 0. The molecular formula is C20H22N2O2. The fourth-order valence-corrected chi connectivity index (χ4v) is 3.27. The predicted molar refractivity (Wildman–Crippen MR) is 96.5 cm³/mol. The fourth-order valence-electron chi connectivity index (χ4n) is 3.27. The number of carbonyl (C=O) groups excluding carboxylic acids is 2. The van der Waals surface area contributed by atoms with Gasteiger partial charge in [-0.2, -0.15) is 0 Å². The molecule has 0 unspecified atom stereocenters. The molecule has 3 rings (SSSR count). The predicted octanol–water partition coefficient (Wildman–Crippen LogP) is 3.97.